The molecule has 4 heterocycles. The number of halogens is 1. The van der Waals surface area contributed by atoms with Gasteiger partial charge in [-0.25, -0.2) is 14.2 Å². The minimum absolute atomic E-state index is 0.0471. The Morgan fingerprint density at radius 2 is 2.11 bits per heavy atom. The zero-order valence-electron chi connectivity index (χ0n) is 21.4. The number of carbonyl (C=O) groups excluding carboxylic acids is 1. The van der Waals surface area contributed by atoms with E-state index >= 15 is 0 Å². The van der Waals surface area contributed by atoms with E-state index in [1.54, 1.807) is 24.5 Å². The zero-order chi connectivity index (χ0) is 26.9. The first kappa shape index (κ1) is 25.1. The van der Waals surface area contributed by atoms with Gasteiger partial charge in [0.2, 0.25) is 0 Å². The van der Waals surface area contributed by atoms with Crippen LogP contribution < -0.4 is 16.6 Å². The van der Waals surface area contributed by atoms with Crippen LogP contribution in [0.1, 0.15) is 72.0 Å². The molecule has 0 spiro atoms. The van der Waals surface area contributed by atoms with Crippen LogP contribution >= 0.6 is 0 Å². The van der Waals surface area contributed by atoms with E-state index < -0.39 is 17.8 Å². The van der Waals surface area contributed by atoms with Gasteiger partial charge >= 0.3 is 5.97 Å². The molecule has 2 aromatic heterocycles. The van der Waals surface area contributed by atoms with Gasteiger partial charge in [0.1, 0.15) is 18.7 Å². The summed E-state index contributed by atoms with van der Waals surface area (Å²) in [6.45, 7) is 3.92. The van der Waals surface area contributed by atoms with Crippen molar-refractivity contribution in [3.05, 3.63) is 61.7 Å². The van der Waals surface area contributed by atoms with E-state index in [0.29, 0.717) is 54.7 Å². The SMILES string of the molecule is CC[C@@]1(O)C(=O)OCc2c1cc1n(c2=O)Cc2c-1nc1cc(F)c(C)c3c1c2[C@@H](NC(O)CCCN)CC3. The Balaban J connectivity index is 1.59. The summed E-state index contributed by atoms with van der Waals surface area (Å²) in [4.78, 5) is 31.0. The summed E-state index contributed by atoms with van der Waals surface area (Å²) in [5.41, 5.74) is 8.49. The van der Waals surface area contributed by atoms with Crippen LogP contribution in [0.2, 0.25) is 0 Å². The molecule has 1 unspecified atom stereocenters. The maximum atomic E-state index is 15.0. The van der Waals surface area contributed by atoms with Crippen LogP contribution in [0, 0.1) is 12.7 Å². The number of aryl methyl sites for hydroxylation is 1. The molecule has 200 valence electrons. The van der Waals surface area contributed by atoms with Crippen molar-refractivity contribution in [2.24, 2.45) is 5.73 Å². The quantitative estimate of drug-likeness (QED) is 0.223. The maximum Gasteiger partial charge on any atom is 0.343 e. The normalized spacial score (nSPS) is 22.2. The van der Waals surface area contributed by atoms with E-state index in [-0.39, 0.29) is 48.1 Å². The summed E-state index contributed by atoms with van der Waals surface area (Å²) in [5, 5.41) is 26.0. The minimum atomic E-state index is -1.93. The molecule has 10 heteroatoms. The second kappa shape index (κ2) is 8.94. The summed E-state index contributed by atoms with van der Waals surface area (Å²) in [5.74, 6) is -1.13. The highest BCUT2D eigenvalue weighted by Gasteiger charge is 2.46. The predicted octanol–water partition coefficient (Wildman–Crippen LogP) is 2.16. The van der Waals surface area contributed by atoms with E-state index in [1.165, 1.54) is 6.07 Å². The molecular weight excluding hydrogens is 491 g/mol. The Labute approximate surface area is 218 Å². The van der Waals surface area contributed by atoms with Crippen molar-refractivity contribution in [2.45, 2.75) is 77.0 Å². The van der Waals surface area contributed by atoms with Crippen molar-refractivity contribution in [2.75, 3.05) is 6.54 Å². The summed E-state index contributed by atoms with van der Waals surface area (Å²) in [6, 6.07) is 2.84. The number of aromatic nitrogens is 2. The smallest absolute Gasteiger partial charge is 0.343 e. The Bertz CT molecular complexity index is 1570. The topological polar surface area (TPSA) is 140 Å². The van der Waals surface area contributed by atoms with Crippen LogP contribution in [0.25, 0.3) is 22.3 Å². The van der Waals surface area contributed by atoms with Gasteiger partial charge in [-0.15, -0.1) is 0 Å². The molecular formula is C28H31FN4O5. The van der Waals surface area contributed by atoms with Crippen molar-refractivity contribution in [1.82, 2.24) is 14.9 Å². The van der Waals surface area contributed by atoms with E-state index in [1.807, 2.05) is 0 Å². The van der Waals surface area contributed by atoms with Gasteiger partial charge in [-0.2, -0.15) is 0 Å². The lowest BCUT2D eigenvalue weighted by molar-refractivity contribution is -0.172. The summed E-state index contributed by atoms with van der Waals surface area (Å²) in [6.07, 6.45) is 1.70. The first-order valence-electron chi connectivity index (χ1n) is 13.1. The van der Waals surface area contributed by atoms with Crippen molar-refractivity contribution in [1.29, 1.82) is 0 Å². The standard InChI is InChI=1S/C28H31FN4O5/c1-3-28(37)17-9-21-25-15(11-33(21)26(35)16(17)12-38-27(28)36)24-19(31-22(34)5-4-8-30)7-6-14-13(2)18(29)10-20(32-25)23(14)24/h9-10,19,22,31,34,37H,3-8,11-12,30H2,1-2H3/t19-,22?,28-/m0/s1. The van der Waals surface area contributed by atoms with Crippen molar-refractivity contribution >= 4 is 16.9 Å². The predicted molar refractivity (Wildman–Crippen MR) is 138 cm³/mol. The number of rotatable bonds is 6. The van der Waals surface area contributed by atoms with Gasteiger partial charge in [-0.1, -0.05) is 6.92 Å². The molecule has 1 aromatic carbocycles. The Kier molecular flexibility index (Phi) is 5.91. The molecule has 6 rings (SSSR count). The molecule has 3 atom stereocenters. The number of nitrogens with two attached hydrogens (primary N) is 1. The third-order valence-electron chi connectivity index (χ3n) is 8.45. The Morgan fingerprint density at radius 3 is 2.84 bits per heavy atom. The molecule has 38 heavy (non-hydrogen) atoms. The highest BCUT2D eigenvalue weighted by molar-refractivity contribution is 5.93. The van der Waals surface area contributed by atoms with Gasteiger partial charge in [0.15, 0.2) is 5.60 Å². The Morgan fingerprint density at radius 1 is 1.32 bits per heavy atom. The number of cyclic esters (lactones) is 1. The number of benzene rings is 1. The lowest BCUT2D eigenvalue weighted by Crippen LogP contribution is -2.44. The van der Waals surface area contributed by atoms with Gasteiger partial charge in [-0.05, 0) is 68.3 Å². The van der Waals surface area contributed by atoms with Crippen molar-refractivity contribution in [3.63, 3.8) is 0 Å². The number of hydrogen-bond acceptors (Lipinski definition) is 8. The molecule has 3 aromatic rings. The average Bonchev–Trinajstić information content (AvgIpc) is 3.27. The molecule has 0 bridgehead atoms. The number of carbonyl (C=O) groups is 1. The lowest BCUT2D eigenvalue weighted by atomic mass is 9.81. The molecule has 0 radical (unpaired) electrons. The highest BCUT2D eigenvalue weighted by Crippen LogP contribution is 2.46. The number of aliphatic hydroxyl groups excluding tert-OH is 1. The number of esters is 1. The number of fused-ring (bicyclic) bond motifs is 5. The molecule has 3 aliphatic rings. The number of nitrogens with zero attached hydrogens (tertiary/aromatic N) is 2. The van der Waals surface area contributed by atoms with E-state index in [2.05, 4.69) is 5.32 Å². The lowest BCUT2D eigenvalue weighted by Gasteiger charge is -2.31. The van der Waals surface area contributed by atoms with Crippen molar-refractivity contribution in [3.8, 4) is 11.4 Å². The van der Waals surface area contributed by atoms with Crippen LogP contribution in [-0.2, 0) is 34.7 Å². The summed E-state index contributed by atoms with van der Waals surface area (Å²) in [7, 11) is 0. The van der Waals surface area contributed by atoms with E-state index in [9.17, 15) is 24.2 Å². The molecule has 5 N–H and O–H groups in total. The first-order valence-corrected chi connectivity index (χ1v) is 13.1. The fourth-order valence-electron chi connectivity index (χ4n) is 6.35. The number of aliphatic hydroxyl groups is 2. The zero-order valence-corrected chi connectivity index (χ0v) is 21.4. The second-order valence-electron chi connectivity index (χ2n) is 10.5. The molecule has 2 aliphatic heterocycles. The molecule has 0 saturated heterocycles. The van der Waals surface area contributed by atoms with E-state index in [4.69, 9.17) is 15.5 Å². The number of nitrogens with one attached hydrogen (secondary N) is 1. The van der Waals surface area contributed by atoms with Crippen LogP contribution in [0.3, 0.4) is 0 Å². The van der Waals surface area contributed by atoms with Crippen LogP contribution in [0.5, 0.6) is 0 Å². The summed E-state index contributed by atoms with van der Waals surface area (Å²) >= 11 is 0. The monoisotopic (exact) mass is 522 g/mol. The van der Waals surface area contributed by atoms with Crippen LogP contribution in [-0.4, -0.2) is 38.5 Å². The molecule has 0 saturated carbocycles. The first-order chi connectivity index (χ1) is 18.2. The third-order valence-corrected chi connectivity index (χ3v) is 8.45. The van der Waals surface area contributed by atoms with Gasteiger partial charge in [-0.3, -0.25) is 10.1 Å². The molecule has 0 fully saturated rings. The largest absolute Gasteiger partial charge is 0.458 e. The van der Waals surface area contributed by atoms with Crippen LogP contribution in [0.4, 0.5) is 4.39 Å². The maximum absolute atomic E-state index is 15.0. The molecule has 1 aliphatic carbocycles. The highest BCUT2D eigenvalue weighted by atomic mass is 19.1. The Hall–Kier alpha value is -3.18. The summed E-state index contributed by atoms with van der Waals surface area (Å²) < 4.78 is 21.7. The minimum Gasteiger partial charge on any atom is -0.458 e. The molecule has 0 amide bonds. The fraction of sp³-hybridized carbons (Fsp3) is 0.464. The van der Waals surface area contributed by atoms with Gasteiger partial charge in [0.25, 0.3) is 5.56 Å². The number of pyridine rings is 2. The van der Waals surface area contributed by atoms with Crippen molar-refractivity contribution < 1.29 is 24.1 Å². The van der Waals surface area contributed by atoms with Gasteiger partial charge in [0, 0.05) is 28.6 Å². The number of hydrogen-bond donors (Lipinski definition) is 4. The van der Waals surface area contributed by atoms with Gasteiger partial charge in [0.05, 0.1) is 29.0 Å². The van der Waals surface area contributed by atoms with E-state index in [0.717, 1.165) is 22.1 Å². The van der Waals surface area contributed by atoms with Crippen LogP contribution in [0.15, 0.2) is 16.9 Å². The second-order valence-corrected chi connectivity index (χ2v) is 10.5. The fourth-order valence-corrected chi connectivity index (χ4v) is 6.35. The molecule has 9 nitrogen and oxygen atoms in total. The van der Waals surface area contributed by atoms with Gasteiger partial charge < -0.3 is 25.3 Å². The third kappa shape index (κ3) is 3.47. The number of ether oxygens (including phenoxy) is 1. The average molecular weight is 523 g/mol.